The fourth-order valence-corrected chi connectivity index (χ4v) is 11.6. The number of nitrogens with zero attached hydrogens (tertiary/aromatic N) is 4. The molecular formula is C48H53N4O9PS. The molecule has 7 rings (SSSR count). The van der Waals surface area contributed by atoms with Crippen molar-refractivity contribution >= 4 is 26.3 Å². The first kappa shape index (κ1) is 45.9. The molecule has 0 spiro atoms. The zero-order valence-corrected chi connectivity index (χ0v) is 38.2. The van der Waals surface area contributed by atoms with E-state index in [2.05, 4.69) is 79.8 Å². The predicted octanol–water partition coefficient (Wildman–Crippen LogP) is 8.84. The van der Waals surface area contributed by atoms with Crippen LogP contribution in [0.3, 0.4) is 0 Å². The molecule has 2 saturated heterocycles. The van der Waals surface area contributed by atoms with Crippen LogP contribution < -0.4 is 19.9 Å². The molecule has 0 N–H and O–H groups in total. The number of methoxy groups -OCH3 is 2. The highest BCUT2D eigenvalue weighted by atomic mass is 32.2. The van der Waals surface area contributed by atoms with Gasteiger partial charge in [0.25, 0.3) is 8.53 Å². The van der Waals surface area contributed by atoms with Crippen LogP contribution in [0.25, 0.3) is 0 Å². The minimum absolute atomic E-state index is 0.0247. The van der Waals surface area contributed by atoms with Gasteiger partial charge in [-0.25, -0.2) is 14.3 Å². The summed E-state index contributed by atoms with van der Waals surface area (Å²) in [5.74, 6) is 1.05. The maximum Gasteiger partial charge on any atom is 0.353 e. The molecule has 5 atom stereocenters. The van der Waals surface area contributed by atoms with Crippen molar-refractivity contribution in [3.8, 4) is 23.4 Å². The number of hydrogen-bond acceptors (Lipinski definition) is 13. The van der Waals surface area contributed by atoms with Gasteiger partial charge in [0.15, 0.2) is 6.23 Å². The summed E-state index contributed by atoms with van der Waals surface area (Å²) >= 11 is 1.67. The van der Waals surface area contributed by atoms with Crippen molar-refractivity contribution < 1.29 is 37.5 Å². The molecule has 1 aromatic heterocycles. The van der Waals surface area contributed by atoms with E-state index in [1.807, 2.05) is 42.5 Å². The van der Waals surface area contributed by atoms with Crippen LogP contribution in [-0.4, -0.2) is 83.3 Å². The number of nitriles is 1. The number of fused-ring (bicyclic) bond motifs is 2. The average molecular weight is 893 g/mol. The molecule has 0 radical (unpaired) electrons. The second-order valence-electron chi connectivity index (χ2n) is 15.9. The van der Waals surface area contributed by atoms with Crippen LogP contribution in [0.1, 0.15) is 73.0 Å². The van der Waals surface area contributed by atoms with Gasteiger partial charge in [0, 0.05) is 29.6 Å². The summed E-state index contributed by atoms with van der Waals surface area (Å²) in [6.07, 6.45) is -0.731. The van der Waals surface area contributed by atoms with Crippen LogP contribution in [0.15, 0.2) is 120 Å². The Morgan fingerprint density at radius 1 is 0.921 bits per heavy atom. The minimum Gasteiger partial charge on any atom is -0.497 e. The van der Waals surface area contributed by atoms with Crippen molar-refractivity contribution in [2.75, 3.05) is 33.2 Å². The SMILES string of the molecule is COc1ccc(C(SC[C@]23CO[C@@H](C2OP(OCCC#N)N(C(C)C)C(C)C)[C@H](n2cc(C)c(OC(=O)c4ccccc4)nc2=O)O3)(c2ccccc2)c2ccc(OC)cc2)cc1. The zero-order valence-electron chi connectivity index (χ0n) is 36.5. The summed E-state index contributed by atoms with van der Waals surface area (Å²) in [7, 11) is 1.52. The third-order valence-corrected chi connectivity index (χ3v) is 15.0. The Morgan fingerprint density at radius 3 is 2.05 bits per heavy atom. The van der Waals surface area contributed by atoms with Crippen LogP contribution in [0.2, 0.25) is 0 Å². The molecule has 2 unspecified atom stereocenters. The summed E-state index contributed by atoms with van der Waals surface area (Å²) in [6, 6.07) is 37.2. The van der Waals surface area contributed by atoms with Crippen LogP contribution in [0.5, 0.6) is 17.4 Å². The van der Waals surface area contributed by atoms with Crippen molar-refractivity contribution in [3.63, 3.8) is 0 Å². The molecule has 2 aliphatic rings. The highest BCUT2D eigenvalue weighted by molar-refractivity contribution is 8.00. The van der Waals surface area contributed by atoms with E-state index < -0.39 is 49.0 Å². The van der Waals surface area contributed by atoms with Gasteiger partial charge in [0.1, 0.15) is 29.3 Å². The standard InChI is InChI=1S/C48H53N4O9PS/c1-32(2)52(33(3)4)62(58-28-14-27-49)61-42-41-44(51-29-34(5)43(50-46(51)54)59-45(53)35-15-10-8-11-16-35)60-47(42,30-57-41)31-63-48(36-17-12-9-13-18-36,37-19-23-39(55-6)24-20-37)38-21-25-40(56-7)26-22-38/h8-13,15-26,29,32-33,41-42,44H,14,28,30-31H2,1-7H3/t41-,42?,44+,47+,62?/m0/s1. The van der Waals surface area contributed by atoms with Gasteiger partial charge in [-0.1, -0.05) is 72.8 Å². The van der Waals surface area contributed by atoms with Crippen LogP contribution >= 0.6 is 20.3 Å². The van der Waals surface area contributed by atoms with Gasteiger partial charge in [0.2, 0.25) is 5.88 Å². The number of ether oxygens (including phenoxy) is 5. The Hall–Kier alpha value is -5.10. The zero-order chi connectivity index (χ0) is 44.7. The second-order valence-corrected chi connectivity index (χ2v) is 18.5. The fourth-order valence-electron chi connectivity index (χ4n) is 8.13. The lowest BCUT2D eigenvalue weighted by molar-refractivity contribution is -0.165. The number of aryl methyl sites for hydroxylation is 1. The van der Waals surface area contributed by atoms with E-state index >= 15 is 0 Å². The minimum atomic E-state index is -1.77. The fraction of sp³-hybridized carbons (Fsp3) is 0.375. The second kappa shape index (κ2) is 20.2. The molecule has 0 saturated carbocycles. The summed E-state index contributed by atoms with van der Waals surface area (Å²) in [4.78, 5) is 31.3. The number of thioether (sulfide) groups is 1. The van der Waals surface area contributed by atoms with Crippen molar-refractivity contribution in [2.45, 2.75) is 81.9 Å². The molecular weight excluding hydrogens is 840 g/mol. The summed E-state index contributed by atoms with van der Waals surface area (Å²) in [5.41, 5.74) is 1.96. The molecule has 63 heavy (non-hydrogen) atoms. The monoisotopic (exact) mass is 892 g/mol. The largest absolute Gasteiger partial charge is 0.497 e. The summed E-state index contributed by atoms with van der Waals surface area (Å²) < 4.78 is 47.0. The molecule has 2 aliphatic heterocycles. The molecule has 2 bridgehead atoms. The first-order chi connectivity index (χ1) is 30.4. The van der Waals surface area contributed by atoms with Gasteiger partial charge < -0.3 is 32.7 Å². The maximum absolute atomic E-state index is 14.0. The lowest BCUT2D eigenvalue weighted by atomic mass is 9.84. The van der Waals surface area contributed by atoms with E-state index in [0.29, 0.717) is 16.9 Å². The van der Waals surface area contributed by atoms with E-state index in [0.717, 1.165) is 28.2 Å². The highest BCUT2D eigenvalue weighted by Gasteiger charge is 2.65. The third kappa shape index (κ3) is 9.57. The summed E-state index contributed by atoms with van der Waals surface area (Å²) in [6.45, 7) is 10.4. The Balaban J connectivity index is 1.33. The first-order valence-electron chi connectivity index (χ1n) is 20.8. The van der Waals surface area contributed by atoms with Crippen LogP contribution in [0.4, 0.5) is 0 Å². The van der Waals surface area contributed by atoms with E-state index in [4.69, 9.17) is 32.7 Å². The van der Waals surface area contributed by atoms with Gasteiger partial charge in [-0.3, -0.25) is 4.57 Å². The average Bonchev–Trinajstić information content (AvgIpc) is 3.79. The Labute approximate surface area is 374 Å². The quantitative estimate of drug-likeness (QED) is 0.0337. The van der Waals surface area contributed by atoms with Crippen molar-refractivity contribution in [1.29, 1.82) is 5.26 Å². The molecule has 4 aromatic carbocycles. The number of hydrogen-bond donors (Lipinski definition) is 0. The highest BCUT2D eigenvalue weighted by Crippen LogP contribution is 2.58. The summed E-state index contributed by atoms with van der Waals surface area (Å²) in [5, 5.41) is 9.48. The number of esters is 1. The van der Waals surface area contributed by atoms with Gasteiger partial charge in [-0.15, -0.1) is 11.8 Å². The topological polar surface area (TPSA) is 144 Å². The Kier molecular flexibility index (Phi) is 14.7. The van der Waals surface area contributed by atoms with E-state index in [-0.39, 0.29) is 37.6 Å². The third-order valence-electron chi connectivity index (χ3n) is 11.1. The molecule has 0 amide bonds. The van der Waals surface area contributed by atoms with Gasteiger partial charge in [-0.05, 0) is 87.7 Å². The molecule has 2 fully saturated rings. The lowest BCUT2D eigenvalue weighted by Crippen LogP contribution is -2.46. The van der Waals surface area contributed by atoms with E-state index in [1.54, 1.807) is 69.4 Å². The maximum atomic E-state index is 14.0. The number of aromatic nitrogens is 2. The normalized spacial score (nSPS) is 19.9. The van der Waals surface area contributed by atoms with Gasteiger partial charge in [-0.2, -0.15) is 10.2 Å². The van der Waals surface area contributed by atoms with Crippen molar-refractivity contribution in [2.24, 2.45) is 0 Å². The lowest BCUT2D eigenvalue weighted by Gasteiger charge is -2.41. The van der Waals surface area contributed by atoms with Crippen molar-refractivity contribution in [3.05, 3.63) is 154 Å². The Morgan fingerprint density at radius 2 is 1.49 bits per heavy atom. The molecule has 15 heteroatoms. The first-order valence-corrected chi connectivity index (χ1v) is 23.0. The van der Waals surface area contributed by atoms with Crippen LogP contribution in [0, 0.1) is 18.3 Å². The smallest absolute Gasteiger partial charge is 0.353 e. The molecule has 0 aliphatic carbocycles. The number of benzene rings is 4. The molecule has 330 valence electrons. The van der Waals surface area contributed by atoms with E-state index in [9.17, 15) is 14.9 Å². The number of rotatable bonds is 19. The van der Waals surface area contributed by atoms with Crippen LogP contribution in [-0.2, 0) is 23.3 Å². The van der Waals surface area contributed by atoms with Gasteiger partial charge in [0.05, 0.1) is 50.2 Å². The van der Waals surface area contributed by atoms with Crippen molar-refractivity contribution in [1.82, 2.24) is 14.2 Å². The predicted molar refractivity (Wildman–Crippen MR) is 242 cm³/mol. The Bertz CT molecular complexity index is 2360. The molecule has 13 nitrogen and oxygen atoms in total. The molecule has 5 aromatic rings. The van der Waals surface area contributed by atoms with Gasteiger partial charge >= 0.3 is 11.7 Å². The number of carbonyl (C=O) groups is 1. The number of carbonyl (C=O) groups excluding carboxylic acids is 1. The van der Waals surface area contributed by atoms with E-state index in [1.165, 1.54) is 4.57 Å². The molecule has 3 heterocycles.